The van der Waals surface area contributed by atoms with Crippen molar-refractivity contribution >= 4 is 0 Å². The minimum atomic E-state index is -0.809. The van der Waals surface area contributed by atoms with Crippen LogP contribution in [0.15, 0.2) is 18.2 Å². The third-order valence-corrected chi connectivity index (χ3v) is 3.04. The number of rotatable bonds is 7. The molecule has 0 amide bonds. The lowest BCUT2D eigenvalue weighted by molar-refractivity contribution is 0.440. The van der Waals surface area contributed by atoms with E-state index in [9.17, 15) is 8.78 Å². The van der Waals surface area contributed by atoms with Crippen molar-refractivity contribution in [1.82, 2.24) is 5.43 Å². The normalized spacial score (nSPS) is 13.0. The molecule has 1 unspecified atom stereocenters. The second kappa shape index (κ2) is 7.44. The molecule has 0 heterocycles. The molecule has 0 aromatic heterocycles. The molecule has 0 aliphatic heterocycles. The molecular weight excluding hydrogens is 234 g/mol. The predicted molar refractivity (Wildman–Crippen MR) is 69.9 cm³/mol. The van der Waals surface area contributed by atoms with Crippen LogP contribution in [-0.4, -0.2) is 6.04 Å². The van der Waals surface area contributed by atoms with E-state index in [1.165, 1.54) is 6.07 Å². The van der Waals surface area contributed by atoms with Gasteiger partial charge in [-0.25, -0.2) is 8.78 Å². The van der Waals surface area contributed by atoms with Gasteiger partial charge >= 0.3 is 0 Å². The first-order valence-electron chi connectivity index (χ1n) is 6.43. The van der Waals surface area contributed by atoms with Gasteiger partial charge < -0.3 is 0 Å². The molecule has 0 saturated carbocycles. The average Bonchev–Trinajstić information content (AvgIpc) is 2.32. The van der Waals surface area contributed by atoms with Crippen molar-refractivity contribution in [2.24, 2.45) is 11.8 Å². The standard InChI is InChI=1S/C14H22F2N2/c1-10(2)4-3-5-12(18-17)8-11-6-7-13(15)14(16)9-11/h6-7,9-10,12,18H,3-5,8,17H2,1-2H3. The molecule has 102 valence electrons. The van der Waals surface area contributed by atoms with Gasteiger partial charge in [-0.2, -0.15) is 0 Å². The summed E-state index contributed by atoms with van der Waals surface area (Å²) in [6, 6.07) is 4.10. The molecule has 0 fully saturated rings. The molecule has 0 bridgehead atoms. The molecule has 4 heteroatoms. The first kappa shape index (κ1) is 15.1. The number of hydrogen-bond acceptors (Lipinski definition) is 2. The van der Waals surface area contributed by atoms with Gasteiger partial charge in [0.2, 0.25) is 0 Å². The first-order valence-corrected chi connectivity index (χ1v) is 6.43. The van der Waals surface area contributed by atoms with E-state index in [2.05, 4.69) is 19.3 Å². The number of benzene rings is 1. The zero-order valence-corrected chi connectivity index (χ0v) is 11.0. The highest BCUT2D eigenvalue weighted by atomic mass is 19.2. The number of nitrogens with one attached hydrogen (secondary N) is 1. The highest BCUT2D eigenvalue weighted by molar-refractivity contribution is 5.18. The van der Waals surface area contributed by atoms with Crippen LogP contribution >= 0.6 is 0 Å². The minimum absolute atomic E-state index is 0.105. The smallest absolute Gasteiger partial charge is 0.159 e. The van der Waals surface area contributed by atoms with Crippen LogP contribution < -0.4 is 11.3 Å². The van der Waals surface area contributed by atoms with E-state index in [0.29, 0.717) is 12.3 Å². The van der Waals surface area contributed by atoms with Crippen molar-refractivity contribution in [3.8, 4) is 0 Å². The summed E-state index contributed by atoms with van der Waals surface area (Å²) < 4.78 is 25.9. The maximum Gasteiger partial charge on any atom is 0.159 e. The summed E-state index contributed by atoms with van der Waals surface area (Å²) in [7, 11) is 0. The molecule has 1 atom stereocenters. The Labute approximate surface area is 108 Å². The van der Waals surface area contributed by atoms with Crippen molar-refractivity contribution in [2.75, 3.05) is 0 Å². The number of hydrazine groups is 1. The van der Waals surface area contributed by atoms with Crippen molar-refractivity contribution in [3.05, 3.63) is 35.4 Å². The highest BCUT2D eigenvalue weighted by Crippen LogP contribution is 2.14. The summed E-state index contributed by atoms with van der Waals surface area (Å²) in [4.78, 5) is 0. The zero-order valence-electron chi connectivity index (χ0n) is 11.0. The predicted octanol–water partition coefficient (Wildman–Crippen LogP) is 3.17. The number of halogens is 2. The van der Waals surface area contributed by atoms with E-state index >= 15 is 0 Å². The van der Waals surface area contributed by atoms with E-state index in [1.807, 2.05) is 0 Å². The Hall–Kier alpha value is -1.00. The average molecular weight is 256 g/mol. The van der Waals surface area contributed by atoms with E-state index in [1.54, 1.807) is 6.07 Å². The van der Waals surface area contributed by atoms with Crippen LogP contribution in [0.25, 0.3) is 0 Å². The third kappa shape index (κ3) is 5.10. The molecule has 18 heavy (non-hydrogen) atoms. The molecule has 1 aromatic rings. The Morgan fingerprint density at radius 1 is 1.17 bits per heavy atom. The fourth-order valence-electron chi connectivity index (χ4n) is 1.97. The summed E-state index contributed by atoms with van der Waals surface area (Å²) >= 11 is 0. The van der Waals surface area contributed by atoms with Crippen LogP contribution in [0, 0.1) is 17.6 Å². The van der Waals surface area contributed by atoms with E-state index in [0.717, 1.165) is 30.9 Å². The lowest BCUT2D eigenvalue weighted by Gasteiger charge is -2.16. The molecule has 3 N–H and O–H groups in total. The Balaban J connectivity index is 2.49. The summed E-state index contributed by atoms with van der Waals surface area (Å²) in [6.07, 6.45) is 3.78. The van der Waals surface area contributed by atoms with E-state index in [-0.39, 0.29) is 6.04 Å². The van der Waals surface area contributed by atoms with E-state index in [4.69, 9.17) is 5.84 Å². The van der Waals surface area contributed by atoms with Crippen molar-refractivity contribution < 1.29 is 8.78 Å². The third-order valence-electron chi connectivity index (χ3n) is 3.04. The van der Waals surface area contributed by atoms with Crippen LogP contribution in [0.1, 0.15) is 38.7 Å². The van der Waals surface area contributed by atoms with Crippen molar-refractivity contribution in [3.63, 3.8) is 0 Å². The lowest BCUT2D eigenvalue weighted by Crippen LogP contribution is -2.36. The second-order valence-electron chi connectivity index (χ2n) is 5.14. The molecule has 2 nitrogen and oxygen atoms in total. The van der Waals surface area contributed by atoms with Gasteiger partial charge in [-0.3, -0.25) is 11.3 Å². The maximum atomic E-state index is 13.1. The SMILES string of the molecule is CC(C)CCCC(Cc1ccc(F)c(F)c1)NN. The van der Waals surface area contributed by atoms with Crippen LogP contribution in [0.4, 0.5) is 8.78 Å². The van der Waals surface area contributed by atoms with Gasteiger partial charge in [0.1, 0.15) is 0 Å². The van der Waals surface area contributed by atoms with Crippen LogP contribution in [-0.2, 0) is 6.42 Å². The molecule has 0 saturated heterocycles. The van der Waals surface area contributed by atoms with Crippen molar-refractivity contribution in [2.45, 2.75) is 45.6 Å². The Kier molecular flexibility index (Phi) is 6.22. The van der Waals surface area contributed by atoms with Gasteiger partial charge in [0.05, 0.1) is 0 Å². The van der Waals surface area contributed by atoms with Gasteiger partial charge in [0.25, 0.3) is 0 Å². The summed E-state index contributed by atoms with van der Waals surface area (Å²) in [5, 5.41) is 0. The van der Waals surface area contributed by atoms with Gasteiger partial charge in [0, 0.05) is 6.04 Å². The van der Waals surface area contributed by atoms with Crippen LogP contribution in [0.5, 0.6) is 0 Å². The minimum Gasteiger partial charge on any atom is -0.271 e. The Bertz CT molecular complexity index is 367. The molecule has 1 aromatic carbocycles. The summed E-state index contributed by atoms with van der Waals surface area (Å²) in [6.45, 7) is 4.36. The van der Waals surface area contributed by atoms with Crippen LogP contribution in [0.2, 0.25) is 0 Å². The van der Waals surface area contributed by atoms with Gasteiger partial charge in [-0.05, 0) is 36.5 Å². The number of hydrogen-bond donors (Lipinski definition) is 2. The molecule has 0 aliphatic rings. The largest absolute Gasteiger partial charge is 0.271 e. The number of nitrogens with two attached hydrogens (primary N) is 1. The molecule has 0 spiro atoms. The van der Waals surface area contributed by atoms with E-state index < -0.39 is 11.6 Å². The fraction of sp³-hybridized carbons (Fsp3) is 0.571. The summed E-state index contributed by atoms with van der Waals surface area (Å²) in [5.41, 5.74) is 3.51. The molecule has 0 radical (unpaired) electrons. The first-order chi connectivity index (χ1) is 8.52. The Morgan fingerprint density at radius 2 is 1.89 bits per heavy atom. The highest BCUT2D eigenvalue weighted by Gasteiger charge is 2.10. The lowest BCUT2D eigenvalue weighted by atomic mass is 9.98. The van der Waals surface area contributed by atoms with Crippen molar-refractivity contribution in [1.29, 1.82) is 0 Å². The van der Waals surface area contributed by atoms with Crippen LogP contribution in [0.3, 0.4) is 0 Å². The zero-order chi connectivity index (χ0) is 13.5. The maximum absolute atomic E-state index is 13.1. The monoisotopic (exact) mass is 256 g/mol. The van der Waals surface area contributed by atoms with Gasteiger partial charge in [0.15, 0.2) is 11.6 Å². The quantitative estimate of drug-likeness (QED) is 0.581. The van der Waals surface area contributed by atoms with Gasteiger partial charge in [-0.1, -0.05) is 32.8 Å². The molecular formula is C14H22F2N2. The Morgan fingerprint density at radius 3 is 2.44 bits per heavy atom. The molecule has 1 rings (SSSR count). The summed E-state index contributed by atoms with van der Waals surface area (Å²) in [5.74, 6) is 4.55. The topological polar surface area (TPSA) is 38.0 Å². The van der Waals surface area contributed by atoms with Gasteiger partial charge in [-0.15, -0.1) is 0 Å². The fourth-order valence-corrected chi connectivity index (χ4v) is 1.97. The molecule has 0 aliphatic carbocycles. The second-order valence-corrected chi connectivity index (χ2v) is 5.14.